The van der Waals surface area contributed by atoms with Crippen molar-refractivity contribution in [2.24, 2.45) is 0 Å². The van der Waals surface area contributed by atoms with Crippen molar-refractivity contribution in [3.63, 3.8) is 0 Å². The number of furan rings is 1. The molecule has 0 bridgehead atoms. The summed E-state index contributed by atoms with van der Waals surface area (Å²) in [5.74, 6) is -0.212. The molecule has 3 rings (SSSR count). The predicted octanol–water partition coefficient (Wildman–Crippen LogP) is 2.64. The Bertz CT molecular complexity index is 766. The van der Waals surface area contributed by atoms with Crippen molar-refractivity contribution in [1.29, 1.82) is 0 Å². The van der Waals surface area contributed by atoms with Gasteiger partial charge in [0.25, 0.3) is 5.91 Å². The van der Waals surface area contributed by atoms with E-state index >= 15 is 0 Å². The number of benzene rings is 1. The Morgan fingerprint density at radius 3 is 2.92 bits per heavy atom. The van der Waals surface area contributed by atoms with Gasteiger partial charge in [-0.15, -0.1) is 0 Å². The van der Waals surface area contributed by atoms with Crippen LogP contribution < -0.4 is 10.1 Å². The summed E-state index contributed by atoms with van der Waals surface area (Å²) in [6, 6.07) is 9.15. The maximum absolute atomic E-state index is 13.7. The van der Waals surface area contributed by atoms with Crippen LogP contribution in [0.5, 0.6) is 5.75 Å². The van der Waals surface area contributed by atoms with Crippen molar-refractivity contribution in [2.45, 2.75) is 6.04 Å². The zero-order valence-corrected chi connectivity index (χ0v) is 13.0. The van der Waals surface area contributed by atoms with Crippen LogP contribution in [-0.4, -0.2) is 29.3 Å². The van der Waals surface area contributed by atoms with Crippen molar-refractivity contribution >= 4 is 5.91 Å². The molecular formula is C17H16FN3O3. The number of carbonyl (C=O) groups excluding carboxylic acids is 1. The first-order valence-electron chi connectivity index (χ1n) is 7.33. The molecule has 6 nitrogen and oxygen atoms in total. The molecule has 0 radical (unpaired) electrons. The van der Waals surface area contributed by atoms with Crippen molar-refractivity contribution < 1.29 is 18.3 Å². The third-order valence-corrected chi connectivity index (χ3v) is 3.59. The lowest BCUT2D eigenvalue weighted by atomic mass is 10.1. The fraction of sp³-hybridized carbons (Fsp3) is 0.176. The first-order valence-corrected chi connectivity index (χ1v) is 7.33. The average molecular weight is 329 g/mol. The third-order valence-electron chi connectivity index (χ3n) is 3.59. The Hall–Kier alpha value is -3.09. The molecule has 0 fully saturated rings. The molecule has 0 unspecified atom stereocenters. The van der Waals surface area contributed by atoms with Gasteiger partial charge in [-0.2, -0.15) is 5.10 Å². The molecular weight excluding hydrogens is 313 g/mol. The normalized spacial score (nSPS) is 11.9. The smallest absolute Gasteiger partial charge is 0.251 e. The Balaban J connectivity index is 1.73. The SMILES string of the molecule is COc1ccc(C(=O)NC[C@@H](c2ccco2)n2cccn2)cc1F. The van der Waals surface area contributed by atoms with E-state index in [2.05, 4.69) is 10.4 Å². The molecule has 0 aliphatic carbocycles. The van der Waals surface area contributed by atoms with Crippen LogP contribution in [0.2, 0.25) is 0 Å². The number of nitrogens with zero attached hydrogens (tertiary/aromatic N) is 2. The fourth-order valence-electron chi connectivity index (χ4n) is 2.37. The van der Waals surface area contributed by atoms with Crippen LogP contribution in [0.1, 0.15) is 22.2 Å². The summed E-state index contributed by atoms with van der Waals surface area (Å²) in [7, 11) is 1.37. The van der Waals surface area contributed by atoms with Gasteiger partial charge in [0.2, 0.25) is 0 Å². The second-order valence-electron chi connectivity index (χ2n) is 5.08. The number of halogens is 1. The quantitative estimate of drug-likeness (QED) is 0.755. The van der Waals surface area contributed by atoms with Gasteiger partial charge < -0.3 is 14.5 Å². The summed E-state index contributed by atoms with van der Waals surface area (Å²) in [4.78, 5) is 12.3. The number of methoxy groups -OCH3 is 1. The number of ether oxygens (including phenoxy) is 1. The largest absolute Gasteiger partial charge is 0.494 e. The maximum Gasteiger partial charge on any atom is 0.251 e. The number of hydrogen-bond acceptors (Lipinski definition) is 4. The highest BCUT2D eigenvalue weighted by atomic mass is 19.1. The maximum atomic E-state index is 13.7. The van der Waals surface area contributed by atoms with E-state index in [0.29, 0.717) is 5.76 Å². The van der Waals surface area contributed by atoms with Crippen molar-refractivity contribution in [3.05, 3.63) is 72.2 Å². The highest BCUT2D eigenvalue weighted by molar-refractivity contribution is 5.94. The monoisotopic (exact) mass is 329 g/mol. The molecule has 1 N–H and O–H groups in total. The van der Waals surface area contributed by atoms with Crippen LogP contribution in [-0.2, 0) is 0 Å². The molecule has 0 spiro atoms. The number of hydrogen-bond donors (Lipinski definition) is 1. The minimum absolute atomic E-state index is 0.0940. The number of rotatable bonds is 6. The first-order chi connectivity index (χ1) is 11.7. The number of amides is 1. The average Bonchev–Trinajstić information content (AvgIpc) is 3.29. The van der Waals surface area contributed by atoms with E-state index in [4.69, 9.17) is 9.15 Å². The molecule has 1 atom stereocenters. The molecule has 1 aromatic carbocycles. The highest BCUT2D eigenvalue weighted by Gasteiger charge is 2.19. The van der Waals surface area contributed by atoms with E-state index in [1.165, 1.54) is 19.2 Å². The summed E-state index contributed by atoms with van der Waals surface area (Å²) in [5.41, 5.74) is 0.215. The molecule has 24 heavy (non-hydrogen) atoms. The van der Waals surface area contributed by atoms with Crippen LogP contribution in [0.25, 0.3) is 0 Å². The van der Waals surface area contributed by atoms with Gasteiger partial charge in [0.05, 0.1) is 13.4 Å². The molecule has 0 saturated heterocycles. The first kappa shape index (κ1) is 15.8. The van der Waals surface area contributed by atoms with Crippen LogP contribution in [0.3, 0.4) is 0 Å². The van der Waals surface area contributed by atoms with Crippen LogP contribution >= 0.6 is 0 Å². The van der Waals surface area contributed by atoms with E-state index in [-0.39, 0.29) is 29.8 Å². The van der Waals surface area contributed by atoms with E-state index in [1.807, 2.05) is 6.07 Å². The summed E-state index contributed by atoms with van der Waals surface area (Å²) in [5, 5.41) is 6.96. The molecule has 124 valence electrons. The summed E-state index contributed by atoms with van der Waals surface area (Å²) < 4.78 is 25.7. The lowest BCUT2D eigenvalue weighted by Gasteiger charge is -2.16. The van der Waals surface area contributed by atoms with Crippen molar-refractivity contribution in [1.82, 2.24) is 15.1 Å². The molecule has 3 aromatic rings. The highest BCUT2D eigenvalue weighted by Crippen LogP contribution is 2.19. The van der Waals surface area contributed by atoms with Gasteiger partial charge in [-0.05, 0) is 36.4 Å². The van der Waals surface area contributed by atoms with Gasteiger partial charge in [0, 0.05) is 24.5 Å². The molecule has 2 aromatic heterocycles. The molecule has 7 heteroatoms. The Morgan fingerprint density at radius 2 is 2.29 bits per heavy atom. The zero-order valence-electron chi connectivity index (χ0n) is 13.0. The molecule has 2 heterocycles. The van der Waals surface area contributed by atoms with E-state index in [1.54, 1.807) is 35.5 Å². The van der Waals surface area contributed by atoms with Crippen molar-refractivity contribution in [3.8, 4) is 5.75 Å². The standard InChI is InChI=1S/C17H16FN3O3/c1-23-15-6-5-12(10-13(15)18)17(22)19-11-14(16-4-2-9-24-16)21-8-3-7-20-21/h2-10,14H,11H2,1H3,(H,19,22)/t14-/m0/s1. The van der Waals surface area contributed by atoms with Crippen molar-refractivity contribution in [2.75, 3.05) is 13.7 Å². The summed E-state index contributed by atoms with van der Waals surface area (Å²) in [6.45, 7) is 0.252. The molecule has 1 amide bonds. The second kappa shape index (κ2) is 6.99. The summed E-state index contributed by atoms with van der Waals surface area (Å²) in [6.07, 6.45) is 5.00. The van der Waals surface area contributed by atoms with Gasteiger partial charge in [-0.3, -0.25) is 9.48 Å². The van der Waals surface area contributed by atoms with Gasteiger partial charge in [-0.25, -0.2) is 4.39 Å². The topological polar surface area (TPSA) is 69.3 Å². The van der Waals surface area contributed by atoms with Crippen LogP contribution in [0.4, 0.5) is 4.39 Å². The Morgan fingerprint density at radius 1 is 1.42 bits per heavy atom. The minimum Gasteiger partial charge on any atom is -0.494 e. The van der Waals surface area contributed by atoms with Crippen LogP contribution in [0.15, 0.2) is 59.5 Å². The summed E-state index contributed by atoms with van der Waals surface area (Å²) >= 11 is 0. The van der Waals surface area contributed by atoms with E-state index in [9.17, 15) is 9.18 Å². The Kier molecular flexibility index (Phi) is 4.60. The van der Waals surface area contributed by atoms with Gasteiger partial charge in [0.1, 0.15) is 11.8 Å². The molecule has 0 saturated carbocycles. The number of nitrogens with one attached hydrogen (secondary N) is 1. The van der Waals surface area contributed by atoms with Crippen LogP contribution in [0, 0.1) is 5.82 Å². The van der Waals surface area contributed by atoms with Gasteiger partial charge in [-0.1, -0.05) is 0 Å². The lowest BCUT2D eigenvalue weighted by Crippen LogP contribution is -2.31. The van der Waals surface area contributed by atoms with Gasteiger partial charge >= 0.3 is 0 Å². The number of carbonyl (C=O) groups is 1. The number of aromatic nitrogens is 2. The zero-order chi connectivity index (χ0) is 16.9. The van der Waals surface area contributed by atoms with E-state index < -0.39 is 5.82 Å². The third kappa shape index (κ3) is 3.29. The van der Waals surface area contributed by atoms with E-state index in [0.717, 1.165) is 6.07 Å². The minimum atomic E-state index is -0.584. The molecule has 0 aliphatic heterocycles. The lowest BCUT2D eigenvalue weighted by molar-refractivity contribution is 0.0947. The second-order valence-corrected chi connectivity index (χ2v) is 5.08. The fourth-order valence-corrected chi connectivity index (χ4v) is 2.37. The van der Waals surface area contributed by atoms with Gasteiger partial charge in [0.15, 0.2) is 11.6 Å². The molecule has 0 aliphatic rings. The predicted molar refractivity (Wildman–Crippen MR) is 84.4 cm³/mol. The Labute approximate surface area is 137 Å².